The van der Waals surface area contributed by atoms with E-state index in [1.54, 1.807) is 0 Å². The van der Waals surface area contributed by atoms with Crippen LogP contribution in [0, 0.1) is 0 Å². The lowest BCUT2D eigenvalue weighted by atomic mass is 10.1. The smallest absolute Gasteiger partial charge is 0.323 e. The van der Waals surface area contributed by atoms with Gasteiger partial charge in [0.05, 0.1) is 11.0 Å². The van der Waals surface area contributed by atoms with Crippen molar-refractivity contribution in [3.05, 3.63) is 63.5 Å². The Morgan fingerprint density at radius 2 is 1.75 bits per heavy atom. The van der Waals surface area contributed by atoms with Crippen LogP contribution >= 0.6 is 11.6 Å². The van der Waals surface area contributed by atoms with Crippen molar-refractivity contribution in [2.24, 2.45) is 0 Å². The van der Waals surface area contributed by atoms with E-state index in [0.29, 0.717) is 0 Å². The molecule has 102 valence electrons. The van der Waals surface area contributed by atoms with Crippen LogP contribution in [0.3, 0.4) is 0 Å². The van der Waals surface area contributed by atoms with Crippen molar-refractivity contribution < 1.29 is 0 Å². The Kier molecular flexibility index (Phi) is 3.24. The summed E-state index contributed by atoms with van der Waals surface area (Å²) in [5.41, 5.74) is 3.55. The second-order valence-corrected chi connectivity index (χ2v) is 5.19. The van der Waals surface area contributed by atoms with Gasteiger partial charge in [0.15, 0.2) is 0 Å². The maximum absolute atomic E-state index is 11.3. The number of halogens is 1. The van der Waals surface area contributed by atoms with E-state index in [4.69, 9.17) is 11.6 Å². The Labute approximate surface area is 120 Å². The van der Waals surface area contributed by atoms with Crippen LogP contribution in [0.15, 0.2) is 47.3 Å². The van der Waals surface area contributed by atoms with Gasteiger partial charge < -0.3 is 15.3 Å². The zero-order valence-electron chi connectivity index (χ0n) is 10.9. The van der Waals surface area contributed by atoms with Crippen molar-refractivity contribution in [2.45, 2.75) is 13.0 Å². The maximum atomic E-state index is 11.3. The fraction of sp³-hybridized carbons (Fsp3) is 0.133. The Balaban J connectivity index is 1.85. The first-order valence-corrected chi connectivity index (χ1v) is 6.74. The van der Waals surface area contributed by atoms with E-state index in [1.165, 1.54) is 0 Å². The normalized spacial score (nSPS) is 12.5. The fourth-order valence-corrected chi connectivity index (χ4v) is 2.32. The minimum atomic E-state index is -0.185. The van der Waals surface area contributed by atoms with Gasteiger partial charge in [-0.05, 0) is 48.9 Å². The molecule has 3 aromatic rings. The van der Waals surface area contributed by atoms with Crippen LogP contribution in [-0.4, -0.2) is 9.97 Å². The molecule has 1 heterocycles. The highest BCUT2D eigenvalue weighted by Gasteiger charge is 2.07. The van der Waals surface area contributed by atoms with E-state index in [9.17, 15) is 4.79 Å². The molecule has 5 heteroatoms. The van der Waals surface area contributed by atoms with E-state index in [0.717, 1.165) is 27.3 Å². The van der Waals surface area contributed by atoms with Crippen LogP contribution in [0.4, 0.5) is 5.69 Å². The van der Waals surface area contributed by atoms with E-state index in [-0.39, 0.29) is 11.7 Å². The average Bonchev–Trinajstić information content (AvgIpc) is 2.80. The molecule has 0 aliphatic heterocycles. The van der Waals surface area contributed by atoms with Gasteiger partial charge in [0.25, 0.3) is 0 Å². The highest BCUT2D eigenvalue weighted by Crippen LogP contribution is 2.22. The van der Waals surface area contributed by atoms with Gasteiger partial charge in [0.2, 0.25) is 0 Å². The zero-order valence-corrected chi connectivity index (χ0v) is 11.7. The molecule has 1 unspecified atom stereocenters. The average molecular weight is 288 g/mol. The number of fused-ring (bicyclic) bond motifs is 1. The Morgan fingerprint density at radius 3 is 2.50 bits per heavy atom. The molecule has 0 radical (unpaired) electrons. The fourth-order valence-electron chi connectivity index (χ4n) is 2.20. The molecule has 0 saturated carbocycles. The van der Waals surface area contributed by atoms with Crippen LogP contribution in [0.2, 0.25) is 5.02 Å². The monoisotopic (exact) mass is 287 g/mol. The molecule has 0 aliphatic rings. The van der Waals surface area contributed by atoms with Crippen LogP contribution in [0.25, 0.3) is 11.0 Å². The van der Waals surface area contributed by atoms with Gasteiger partial charge in [-0.1, -0.05) is 17.7 Å². The third-order valence-corrected chi connectivity index (χ3v) is 3.52. The number of rotatable bonds is 3. The summed E-state index contributed by atoms with van der Waals surface area (Å²) >= 11 is 5.87. The van der Waals surface area contributed by atoms with Crippen molar-refractivity contribution in [3.8, 4) is 0 Å². The van der Waals surface area contributed by atoms with Gasteiger partial charge in [-0.15, -0.1) is 0 Å². The largest absolute Gasteiger partial charge is 0.379 e. The zero-order chi connectivity index (χ0) is 14.1. The molecule has 0 amide bonds. The molecular weight excluding hydrogens is 274 g/mol. The number of hydrogen-bond donors (Lipinski definition) is 3. The predicted octanol–water partition coefficient (Wildman–Crippen LogP) is 3.68. The van der Waals surface area contributed by atoms with Crippen molar-refractivity contribution >= 4 is 28.3 Å². The molecule has 0 aliphatic carbocycles. The van der Waals surface area contributed by atoms with E-state index >= 15 is 0 Å². The van der Waals surface area contributed by atoms with Crippen molar-refractivity contribution in [3.63, 3.8) is 0 Å². The summed E-state index contributed by atoms with van der Waals surface area (Å²) in [7, 11) is 0. The molecule has 3 rings (SSSR count). The van der Waals surface area contributed by atoms with Gasteiger partial charge in [-0.25, -0.2) is 4.79 Å². The van der Waals surface area contributed by atoms with Gasteiger partial charge >= 0.3 is 5.69 Å². The molecule has 2 aromatic carbocycles. The molecule has 4 nitrogen and oxygen atoms in total. The summed E-state index contributed by atoms with van der Waals surface area (Å²) < 4.78 is 0. The molecule has 0 spiro atoms. The lowest BCUT2D eigenvalue weighted by Crippen LogP contribution is -2.06. The summed E-state index contributed by atoms with van der Waals surface area (Å²) in [6.07, 6.45) is 0. The third kappa shape index (κ3) is 2.56. The van der Waals surface area contributed by atoms with E-state index in [2.05, 4.69) is 22.2 Å². The lowest BCUT2D eigenvalue weighted by Gasteiger charge is -2.15. The van der Waals surface area contributed by atoms with Crippen molar-refractivity contribution in [2.75, 3.05) is 5.32 Å². The van der Waals surface area contributed by atoms with Crippen LogP contribution < -0.4 is 11.0 Å². The molecule has 0 bridgehead atoms. The standard InChI is InChI=1S/C15H14ClN3O/c1-9(17-12-5-3-11(16)4-6-12)10-2-7-13-14(8-10)19-15(20)18-13/h2-9,17H,1H3,(H2,18,19,20). The number of aromatic amines is 2. The number of aromatic nitrogens is 2. The Hall–Kier alpha value is -2.20. The molecule has 3 N–H and O–H groups in total. The first-order valence-electron chi connectivity index (χ1n) is 6.36. The molecule has 1 atom stereocenters. The first-order chi connectivity index (χ1) is 9.61. The number of nitrogens with one attached hydrogen (secondary N) is 3. The summed E-state index contributed by atoms with van der Waals surface area (Å²) in [6, 6.07) is 13.6. The van der Waals surface area contributed by atoms with E-state index < -0.39 is 0 Å². The minimum absolute atomic E-state index is 0.124. The topological polar surface area (TPSA) is 60.7 Å². The molecule has 20 heavy (non-hydrogen) atoms. The Bertz CT molecular complexity index is 789. The Morgan fingerprint density at radius 1 is 1.05 bits per heavy atom. The van der Waals surface area contributed by atoms with E-state index in [1.807, 2.05) is 42.5 Å². The minimum Gasteiger partial charge on any atom is -0.379 e. The lowest BCUT2D eigenvalue weighted by molar-refractivity contribution is 0.886. The molecule has 1 aromatic heterocycles. The number of imidazole rings is 1. The molecule has 0 fully saturated rings. The summed E-state index contributed by atoms with van der Waals surface area (Å²) in [4.78, 5) is 16.8. The quantitative estimate of drug-likeness (QED) is 0.688. The SMILES string of the molecule is CC(Nc1ccc(Cl)cc1)c1ccc2[nH]c(=O)[nH]c2c1. The van der Waals surface area contributed by atoms with Gasteiger partial charge in [0, 0.05) is 16.8 Å². The second-order valence-electron chi connectivity index (χ2n) is 4.76. The molecule has 0 saturated heterocycles. The van der Waals surface area contributed by atoms with Gasteiger partial charge in [0.1, 0.15) is 0 Å². The predicted molar refractivity (Wildman–Crippen MR) is 82.4 cm³/mol. The summed E-state index contributed by atoms with van der Waals surface area (Å²) in [6.45, 7) is 2.07. The first kappa shape index (κ1) is 12.8. The number of anilines is 1. The number of H-pyrrole nitrogens is 2. The van der Waals surface area contributed by atoms with Gasteiger partial charge in [-0.3, -0.25) is 0 Å². The molecular formula is C15H14ClN3O. The summed E-state index contributed by atoms with van der Waals surface area (Å²) in [5, 5.41) is 4.11. The second kappa shape index (κ2) is 5.06. The third-order valence-electron chi connectivity index (χ3n) is 3.27. The van der Waals surface area contributed by atoms with Crippen LogP contribution in [-0.2, 0) is 0 Å². The highest BCUT2D eigenvalue weighted by molar-refractivity contribution is 6.30. The van der Waals surface area contributed by atoms with Gasteiger partial charge in [-0.2, -0.15) is 0 Å². The van der Waals surface area contributed by atoms with Crippen molar-refractivity contribution in [1.29, 1.82) is 0 Å². The number of hydrogen-bond acceptors (Lipinski definition) is 2. The maximum Gasteiger partial charge on any atom is 0.323 e. The highest BCUT2D eigenvalue weighted by atomic mass is 35.5. The van der Waals surface area contributed by atoms with Crippen LogP contribution in [0.5, 0.6) is 0 Å². The number of benzene rings is 2. The van der Waals surface area contributed by atoms with Crippen LogP contribution in [0.1, 0.15) is 18.5 Å². The van der Waals surface area contributed by atoms with Crippen molar-refractivity contribution in [1.82, 2.24) is 9.97 Å². The summed E-state index contributed by atoms with van der Waals surface area (Å²) in [5.74, 6) is 0.